The zero-order valence-corrected chi connectivity index (χ0v) is 6.64. The monoisotopic (exact) mass is 162 g/mol. The van der Waals surface area contributed by atoms with E-state index in [1.165, 1.54) is 0 Å². The number of hydrogen-bond acceptors (Lipinski definition) is 4. The Labute approximate surface area is 70.7 Å². The van der Waals surface area contributed by atoms with Gasteiger partial charge in [0.15, 0.2) is 0 Å². The maximum absolute atomic E-state index is 5.56. The number of amidine groups is 1. The number of hydrazone groups is 1. The first-order chi connectivity index (χ1) is 5.86. The van der Waals surface area contributed by atoms with Crippen LogP contribution in [0.3, 0.4) is 0 Å². The smallest absolute Gasteiger partial charge is 0.122 e. The number of nitrogens with two attached hydrogens (primary N) is 1. The first kappa shape index (κ1) is 7.09. The molecule has 62 valence electrons. The second-order valence-corrected chi connectivity index (χ2v) is 2.67. The predicted octanol–water partition coefficient (Wildman–Crippen LogP) is 0.564. The highest BCUT2D eigenvalue weighted by molar-refractivity contribution is 5.84. The first-order valence-electron chi connectivity index (χ1n) is 3.87. The molecule has 1 aliphatic heterocycles. The molecule has 1 aliphatic rings. The van der Waals surface area contributed by atoms with E-state index in [0.29, 0.717) is 5.84 Å². The molecule has 4 nitrogen and oxygen atoms in total. The molecule has 1 aromatic heterocycles. The van der Waals surface area contributed by atoms with Crippen molar-refractivity contribution in [3.63, 3.8) is 0 Å². The van der Waals surface area contributed by atoms with Gasteiger partial charge < -0.3 is 5.73 Å². The molecule has 2 N–H and O–H groups in total. The Morgan fingerprint density at radius 2 is 2.08 bits per heavy atom. The molecule has 0 fully saturated rings. The average molecular weight is 162 g/mol. The standard InChI is InChI=1S/C8H10N4/c9-8-3-6-12(11-8)7-1-4-10-5-2-7/h1-2,4-5H,3,6H2,(H2,9,11). The van der Waals surface area contributed by atoms with Gasteiger partial charge in [0.1, 0.15) is 5.84 Å². The number of aromatic nitrogens is 1. The highest BCUT2D eigenvalue weighted by Gasteiger charge is 2.12. The molecule has 2 rings (SSSR count). The molecular formula is C8H10N4. The number of anilines is 1. The quantitative estimate of drug-likeness (QED) is 0.656. The molecule has 0 bridgehead atoms. The van der Waals surface area contributed by atoms with Crippen LogP contribution in [0, 0.1) is 0 Å². The molecular weight excluding hydrogens is 152 g/mol. The third-order valence-electron chi connectivity index (χ3n) is 1.79. The summed E-state index contributed by atoms with van der Waals surface area (Å²) in [6.45, 7) is 0.871. The Morgan fingerprint density at radius 3 is 2.67 bits per heavy atom. The van der Waals surface area contributed by atoms with Crippen molar-refractivity contribution in [2.24, 2.45) is 10.8 Å². The largest absolute Gasteiger partial charge is 0.386 e. The Hall–Kier alpha value is -1.58. The van der Waals surface area contributed by atoms with Crippen LogP contribution in [0.25, 0.3) is 0 Å². The fraction of sp³-hybridized carbons (Fsp3) is 0.250. The molecule has 0 aromatic carbocycles. The average Bonchev–Trinajstić information content (AvgIpc) is 2.54. The van der Waals surface area contributed by atoms with Crippen LogP contribution in [-0.4, -0.2) is 17.4 Å². The zero-order valence-electron chi connectivity index (χ0n) is 6.64. The fourth-order valence-electron chi connectivity index (χ4n) is 1.18. The highest BCUT2D eigenvalue weighted by atomic mass is 15.5. The van der Waals surface area contributed by atoms with E-state index in [4.69, 9.17) is 5.73 Å². The van der Waals surface area contributed by atoms with E-state index in [0.717, 1.165) is 18.7 Å². The Morgan fingerprint density at radius 1 is 1.33 bits per heavy atom. The summed E-state index contributed by atoms with van der Waals surface area (Å²) in [6.07, 6.45) is 4.35. The van der Waals surface area contributed by atoms with Gasteiger partial charge in [-0.1, -0.05) is 0 Å². The van der Waals surface area contributed by atoms with Gasteiger partial charge in [0.05, 0.1) is 5.69 Å². The van der Waals surface area contributed by atoms with Crippen molar-refractivity contribution in [3.05, 3.63) is 24.5 Å². The molecule has 0 saturated carbocycles. The van der Waals surface area contributed by atoms with Crippen molar-refractivity contribution in [2.75, 3.05) is 11.6 Å². The molecule has 0 unspecified atom stereocenters. The lowest BCUT2D eigenvalue weighted by Crippen LogP contribution is -2.11. The van der Waals surface area contributed by atoms with Gasteiger partial charge in [-0.25, -0.2) is 0 Å². The second-order valence-electron chi connectivity index (χ2n) is 2.67. The topological polar surface area (TPSA) is 54.5 Å². The molecule has 0 atom stereocenters. The zero-order chi connectivity index (χ0) is 8.39. The number of hydrogen-bond donors (Lipinski definition) is 1. The molecule has 0 radical (unpaired) electrons. The molecule has 2 heterocycles. The predicted molar refractivity (Wildman–Crippen MR) is 47.8 cm³/mol. The van der Waals surface area contributed by atoms with Crippen LogP contribution in [0.5, 0.6) is 0 Å². The van der Waals surface area contributed by atoms with E-state index in [9.17, 15) is 0 Å². The summed E-state index contributed by atoms with van der Waals surface area (Å²) in [5.41, 5.74) is 6.60. The minimum Gasteiger partial charge on any atom is -0.386 e. The van der Waals surface area contributed by atoms with Gasteiger partial charge in [0, 0.05) is 25.4 Å². The molecule has 12 heavy (non-hydrogen) atoms. The summed E-state index contributed by atoms with van der Waals surface area (Å²) in [4.78, 5) is 3.93. The summed E-state index contributed by atoms with van der Waals surface area (Å²) >= 11 is 0. The summed E-state index contributed by atoms with van der Waals surface area (Å²) in [5, 5.41) is 6.04. The molecule has 0 aliphatic carbocycles. The van der Waals surface area contributed by atoms with Crippen molar-refractivity contribution in [3.8, 4) is 0 Å². The van der Waals surface area contributed by atoms with Gasteiger partial charge in [-0.05, 0) is 12.1 Å². The third-order valence-corrected chi connectivity index (χ3v) is 1.79. The Balaban J connectivity index is 2.22. The van der Waals surface area contributed by atoms with Gasteiger partial charge in [-0.15, -0.1) is 0 Å². The van der Waals surface area contributed by atoms with Crippen LogP contribution >= 0.6 is 0 Å². The van der Waals surface area contributed by atoms with Crippen molar-refractivity contribution < 1.29 is 0 Å². The maximum atomic E-state index is 5.56. The van der Waals surface area contributed by atoms with Gasteiger partial charge in [-0.3, -0.25) is 9.99 Å². The molecule has 0 saturated heterocycles. The third kappa shape index (κ3) is 1.23. The van der Waals surface area contributed by atoms with E-state index < -0.39 is 0 Å². The van der Waals surface area contributed by atoms with E-state index >= 15 is 0 Å². The van der Waals surface area contributed by atoms with Crippen molar-refractivity contribution in [1.29, 1.82) is 0 Å². The van der Waals surface area contributed by atoms with Crippen LogP contribution in [-0.2, 0) is 0 Å². The van der Waals surface area contributed by atoms with Gasteiger partial charge >= 0.3 is 0 Å². The highest BCUT2D eigenvalue weighted by Crippen LogP contribution is 2.16. The summed E-state index contributed by atoms with van der Waals surface area (Å²) in [6, 6.07) is 3.84. The molecule has 4 heteroatoms. The molecule has 1 aromatic rings. The molecule has 0 amide bonds. The lowest BCUT2D eigenvalue weighted by Gasteiger charge is -2.11. The van der Waals surface area contributed by atoms with Crippen LogP contribution in [0.2, 0.25) is 0 Å². The Kier molecular flexibility index (Phi) is 1.66. The summed E-state index contributed by atoms with van der Waals surface area (Å²) < 4.78 is 0. The van der Waals surface area contributed by atoms with Crippen molar-refractivity contribution in [1.82, 2.24) is 4.98 Å². The van der Waals surface area contributed by atoms with Crippen LogP contribution < -0.4 is 10.7 Å². The summed E-state index contributed by atoms with van der Waals surface area (Å²) in [7, 11) is 0. The van der Waals surface area contributed by atoms with Crippen LogP contribution in [0.4, 0.5) is 5.69 Å². The number of rotatable bonds is 1. The normalized spacial score (nSPS) is 16.3. The number of pyridine rings is 1. The van der Waals surface area contributed by atoms with Gasteiger partial charge in [-0.2, -0.15) is 5.10 Å². The van der Waals surface area contributed by atoms with Gasteiger partial charge in [0.2, 0.25) is 0 Å². The lowest BCUT2D eigenvalue weighted by atomic mass is 10.3. The lowest BCUT2D eigenvalue weighted by molar-refractivity contribution is 0.919. The van der Waals surface area contributed by atoms with Crippen molar-refractivity contribution >= 4 is 11.5 Å². The van der Waals surface area contributed by atoms with Crippen molar-refractivity contribution in [2.45, 2.75) is 6.42 Å². The van der Waals surface area contributed by atoms with Crippen LogP contribution in [0.1, 0.15) is 6.42 Å². The number of nitrogens with zero attached hydrogens (tertiary/aromatic N) is 3. The Bertz CT molecular complexity index is 293. The second kappa shape index (κ2) is 2.81. The fourth-order valence-corrected chi connectivity index (χ4v) is 1.18. The SMILES string of the molecule is NC1=NN(c2ccncc2)CC1. The van der Waals surface area contributed by atoms with E-state index in [2.05, 4.69) is 10.1 Å². The van der Waals surface area contributed by atoms with E-state index in [1.807, 2.05) is 17.1 Å². The van der Waals surface area contributed by atoms with E-state index in [1.54, 1.807) is 12.4 Å². The van der Waals surface area contributed by atoms with Crippen LogP contribution in [0.15, 0.2) is 29.6 Å². The van der Waals surface area contributed by atoms with Gasteiger partial charge in [0.25, 0.3) is 0 Å². The van der Waals surface area contributed by atoms with E-state index in [-0.39, 0.29) is 0 Å². The minimum absolute atomic E-state index is 0.701. The maximum Gasteiger partial charge on any atom is 0.122 e. The molecule has 0 spiro atoms. The summed E-state index contributed by atoms with van der Waals surface area (Å²) in [5.74, 6) is 0.701. The minimum atomic E-state index is 0.701. The first-order valence-corrected chi connectivity index (χ1v) is 3.87.